The van der Waals surface area contributed by atoms with Crippen LogP contribution in [0.25, 0.3) is 0 Å². The van der Waals surface area contributed by atoms with E-state index in [1.165, 1.54) is 11.8 Å². The normalized spacial score (nSPS) is 9.20. The minimum atomic E-state index is 0.144. The van der Waals surface area contributed by atoms with E-state index >= 15 is 0 Å². The predicted octanol–water partition coefficient (Wildman–Crippen LogP) is 2.41. The molecule has 0 aliphatic rings. The molecule has 3 heteroatoms. The topological polar surface area (TPSA) is 30.0 Å². The fourth-order valence-electron chi connectivity index (χ4n) is 1.01. The minimum Gasteiger partial charge on any atom is -0.288 e. The SMILES string of the molecule is CC(=O)SCCC#Cc1cccc(C)n1. The van der Waals surface area contributed by atoms with Gasteiger partial charge in [-0.3, -0.25) is 4.79 Å². The first-order valence-corrected chi connectivity index (χ1v) is 5.73. The largest absolute Gasteiger partial charge is 0.288 e. The lowest BCUT2D eigenvalue weighted by molar-refractivity contribution is -0.109. The Hall–Kier alpha value is -1.27. The standard InChI is InChI=1S/C12H13NOS/c1-10-6-5-8-12(13-10)7-3-4-9-15-11(2)14/h5-6,8H,4,9H2,1-2H3. The Balaban J connectivity index is 2.41. The van der Waals surface area contributed by atoms with E-state index in [2.05, 4.69) is 16.8 Å². The molecule has 0 radical (unpaired) electrons. The number of carbonyl (C=O) groups excluding carboxylic acids is 1. The summed E-state index contributed by atoms with van der Waals surface area (Å²) in [6.07, 6.45) is 0.722. The van der Waals surface area contributed by atoms with Crippen LogP contribution in [0.15, 0.2) is 18.2 Å². The van der Waals surface area contributed by atoms with Gasteiger partial charge in [0.2, 0.25) is 0 Å². The average molecular weight is 219 g/mol. The first-order valence-electron chi connectivity index (χ1n) is 4.74. The fraction of sp³-hybridized carbons (Fsp3) is 0.333. The molecule has 0 spiro atoms. The van der Waals surface area contributed by atoms with E-state index in [1.807, 2.05) is 25.1 Å². The average Bonchev–Trinajstić information content (AvgIpc) is 2.17. The molecule has 0 aliphatic carbocycles. The zero-order valence-electron chi connectivity index (χ0n) is 8.91. The lowest BCUT2D eigenvalue weighted by Gasteiger charge is -1.92. The molecule has 0 N–H and O–H groups in total. The summed E-state index contributed by atoms with van der Waals surface area (Å²) in [5.41, 5.74) is 1.77. The first-order chi connectivity index (χ1) is 7.18. The Morgan fingerprint density at radius 1 is 1.53 bits per heavy atom. The Morgan fingerprint density at radius 2 is 2.33 bits per heavy atom. The molecule has 0 unspecified atom stereocenters. The molecule has 0 amide bonds. The summed E-state index contributed by atoms with van der Waals surface area (Å²) in [6, 6.07) is 5.77. The quantitative estimate of drug-likeness (QED) is 0.565. The van der Waals surface area contributed by atoms with E-state index in [9.17, 15) is 4.79 Å². The van der Waals surface area contributed by atoms with Crippen LogP contribution in [0.3, 0.4) is 0 Å². The van der Waals surface area contributed by atoms with Crippen LogP contribution in [0, 0.1) is 18.8 Å². The third-order valence-electron chi connectivity index (χ3n) is 1.64. The van der Waals surface area contributed by atoms with Crippen LogP contribution >= 0.6 is 11.8 Å². The van der Waals surface area contributed by atoms with Gasteiger partial charge < -0.3 is 0 Å². The molecule has 15 heavy (non-hydrogen) atoms. The van der Waals surface area contributed by atoms with Gasteiger partial charge in [-0.1, -0.05) is 23.7 Å². The molecule has 0 saturated carbocycles. The number of hydrogen-bond acceptors (Lipinski definition) is 3. The lowest BCUT2D eigenvalue weighted by Crippen LogP contribution is -1.86. The van der Waals surface area contributed by atoms with Crippen molar-refractivity contribution in [3.05, 3.63) is 29.6 Å². The van der Waals surface area contributed by atoms with Crippen molar-refractivity contribution in [2.45, 2.75) is 20.3 Å². The Bertz CT molecular complexity index is 404. The zero-order chi connectivity index (χ0) is 11.1. The van der Waals surface area contributed by atoms with Crippen LogP contribution < -0.4 is 0 Å². The zero-order valence-corrected chi connectivity index (χ0v) is 9.73. The minimum absolute atomic E-state index is 0.144. The molecule has 78 valence electrons. The van der Waals surface area contributed by atoms with E-state index in [0.29, 0.717) is 0 Å². The van der Waals surface area contributed by atoms with Crippen molar-refractivity contribution in [3.63, 3.8) is 0 Å². The van der Waals surface area contributed by atoms with E-state index < -0.39 is 0 Å². The van der Waals surface area contributed by atoms with Crippen LogP contribution in [0.1, 0.15) is 24.7 Å². The van der Waals surface area contributed by atoms with E-state index in [1.54, 1.807) is 6.92 Å². The van der Waals surface area contributed by atoms with Gasteiger partial charge in [0.15, 0.2) is 5.12 Å². The molecule has 1 aromatic heterocycles. The van der Waals surface area contributed by atoms with Gasteiger partial charge in [-0.15, -0.1) is 0 Å². The monoisotopic (exact) mass is 219 g/mol. The molecule has 2 nitrogen and oxygen atoms in total. The van der Waals surface area contributed by atoms with Crippen LogP contribution in [0.4, 0.5) is 0 Å². The number of rotatable bonds is 2. The van der Waals surface area contributed by atoms with Crippen molar-refractivity contribution >= 4 is 16.9 Å². The maximum atomic E-state index is 10.6. The summed E-state index contributed by atoms with van der Waals surface area (Å²) in [7, 11) is 0. The van der Waals surface area contributed by atoms with Gasteiger partial charge >= 0.3 is 0 Å². The molecule has 0 bridgehead atoms. The number of hydrogen-bond donors (Lipinski definition) is 0. The van der Waals surface area contributed by atoms with E-state index in [-0.39, 0.29) is 5.12 Å². The molecule has 0 aromatic carbocycles. The van der Waals surface area contributed by atoms with Crippen LogP contribution in [-0.4, -0.2) is 15.9 Å². The second-order valence-electron chi connectivity index (χ2n) is 3.06. The third kappa shape index (κ3) is 5.24. The Labute approximate surface area is 94.5 Å². The van der Waals surface area contributed by atoms with Crippen molar-refractivity contribution in [2.75, 3.05) is 5.75 Å². The second kappa shape index (κ2) is 6.26. The van der Waals surface area contributed by atoms with Crippen LogP contribution in [0.2, 0.25) is 0 Å². The highest BCUT2D eigenvalue weighted by molar-refractivity contribution is 8.13. The summed E-state index contributed by atoms with van der Waals surface area (Å²) < 4.78 is 0. The van der Waals surface area contributed by atoms with Crippen molar-refractivity contribution < 1.29 is 4.79 Å². The number of aromatic nitrogens is 1. The number of pyridine rings is 1. The van der Waals surface area contributed by atoms with Gasteiger partial charge in [0.05, 0.1) is 0 Å². The number of nitrogens with zero attached hydrogens (tertiary/aromatic N) is 1. The molecule has 0 aliphatic heterocycles. The molecule has 1 heterocycles. The molecule has 0 atom stereocenters. The highest BCUT2D eigenvalue weighted by Gasteiger charge is 1.91. The van der Waals surface area contributed by atoms with Gasteiger partial charge in [0.25, 0.3) is 0 Å². The van der Waals surface area contributed by atoms with Crippen LogP contribution in [-0.2, 0) is 4.79 Å². The number of carbonyl (C=O) groups is 1. The molecule has 1 aromatic rings. The van der Waals surface area contributed by atoms with E-state index in [4.69, 9.17) is 0 Å². The van der Waals surface area contributed by atoms with Crippen molar-refractivity contribution in [1.82, 2.24) is 4.98 Å². The maximum absolute atomic E-state index is 10.6. The van der Waals surface area contributed by atoms with Crippen LogP contribution in [0.5, 0.6) is 0 Å². The maximum Gasteiger partial charge on any atom is 0.185 e. The van der Waals surface area contributed by atoms with Gasteiger partial charge in [-0.2, -0.15) is 0 Å². The summed E-state index contributed by atoms with van der Waals surface area (Å²) in [6.45, 7) is 3.51. The highest BCUT2D eigenvalue weighted by Crippen LogP contribution is 2.02. The molecular formula is C12H13NOS. The van der Waals surface area contributed by atoms with Crippen molar-refractivity contribution in [3.8, 4) is 11.8 Å². The molecule has 0 fully saturated rings. The van der Waals surface area contributed by atoms with Gasteiger partial charge in [-0.05, 0) is 25.0 Å². The van der Waals surface area contributed by atoms with Gasteiger partial charge in [0, 0.05) is 24.8 Å². The smallest absolute Gasteiger partial charge is 0.185 e. The van der Waals surface area contributed by atoms with E-state index in [0.717, 1.165) is 23.6 Å². The summed E-state index contributed by atoms with van der Waals surface area (Å²) in [5.74, 6) is 6.73. The van der Waals surface area contributed by atoms with Crippen molar-refractivity contribution in [2.24, 2.45) is 0 Å². The Kier molecular flexibility index (Phi) is 4.92. The number of thioether (sulfide) groups is 1. The van der Waals surface area contributed by atoms with Gasteiger partial charge in [0.1, 0.15) is 5.69 Å². The summed E-state index contributed by atoms with van der Waals surface area (Å²) in [5, 5.41) is 0.144. The predicted molar refractivity (Wildman–Crippen MR) is 63.6 cm³/mol. The molecule has 0 saturated heterocycles. The van der Waals surface area contributed by atoms with Crippen molar-refractivity contribution in [1.29, 1.82) is 0 Å². The summed E-state index contributed by atoms with van der Waals surface area (Å²) in [4.78, 5) is 14.9. The highest BCUT2D eigenvalue weighted by atomic mass is 32.2. The number of aryl methyl sites for hydroxylation is 1. The third-order valence-corrected chi connectivity index (χ3v) is 2.45. The summed E-state index contributed by atoms with van der Waals surface area (Å²) >= 11 is 1.31. The van der Waals surface area contributed by atoms with Gasteiger partial charge in [-0.25, -0.2) is 4.98 Å². The molecular weight excluding hydrogens is 206 g/mol. The molecule has 1 rings (SSSR count). The lowest BCUT2D eigenvalue weighted by atomic mass is 10.3. The first kappa shape index (κ1) is 11.8. The fourth-order valence-corrected chi connectivity index (χ4v) is 1.50. The Morgan fingerprint density at radius 3 is 3.00 bits per heavy atom. The second-order valence-corrected chi connectivity index (χ2v) is 4.33.